The SMILES string of the molecule is CCC(C)CC(CC)N1CCCC(CC)(C(=O)O)C1. The van der Waals surface area contributed by atoms with Crippen molar-refractivity contribution in [2.24, 2.45) is 11.3 Å². The Morgan fingerprint density at radius 1 is 1.32 bits per heavy atom. The Hall–Kier alpha value is -0.570. The summed E-state index contributed by atoms with van der Waals surface area (Å²) < 4.78 is 0. The van der Waals surface area contributed by atoms with Crippen LogP contribution in [-0.2, 0) is 4.79 Å². The minimum absolute atomic E-state index is 0.499. The molecule has 19 heavy (non-hydrogen) atoms. The zero-order valence-electron chi connectivity index (χ0n) is 13.1. The molecule has 1 N–H and O–H groups in total. The molecule has 1 saturated heterocycles. The van der Waals surface area contributed by atoms with Crippen molar-refractivity contribution in [3.05, 3.63) is 0 Å². The van der Waals surface area contributed by atoms with Crippen LogP contribution >= 0.6 is 0 Å². The molecule has 0 saturated carbocycles. The molecule has 0 aromatic carbocycles. The number of carbonyl (C=O) groups is 1. The number of rotatable bonds is 7. The van der Waals surface area contributed by atoms with Crippen molar-refractivity contribution in [3.8, 4) is 0 Å². The minimum Gasteiger partial charge on any atom is -0.481 e. The summed E-state index contributed by atoms with van der Waals surface area (Å²) >= 11 is 0. The smallest absolute Gasteiger partial charge is 0.310 e. The summed E-state index contributed by atoms with van der Waals surface area (Å²) in [6.45, 7) is 10.6. The third-order valence-corrected chi connectivity index (χ3v) is 5.10. The number of likely N-dealkylation sites (tertiary alicyclic amines) is 1. The van der Waals surface area contributed by atoms with Gasteiger partial charge in [0.2, 0.25) is 0 Å². The van der Waals surface area contributed by atoms with Gasteiger partial charge in [-0.3, -0.25) is 9.69 Å². The average molecular weight is 269 g/mol. The van der Waals surface area contributed by atoms with Crippen molar-refractivity contribution in [2.45, 2.75) is 72.3 Å². The van der Waals surface area contributed by atoms with Gasteiger partial charge in [-0.2, -0.15) is 0 Å². The van der Waals surface area contributed by atoms with Crippen molar-refractivity contribution in [3.63, 3.8) is 0 Å². The second-order valence-electron chi connectivity index (χ2n) is 6.32. The topological polar surface area (TPSA) is 40.5 Å². The first kappa shape index (κ1) is 16.5. The monoisotopic (exact) mass is 269 g/mol. The number of carboxylic acid groups (broad SMARTS) is 1. The van der Waals surface area contributed by atoms with E-state index in [0.29, 0.717) is 6.04 Å². The lowest BCUT2D eigenvalue weighted by atomic mass is 9.77. The Kier molecular flexibility index (Phi) is 6.31. The summed E-state index contributed by atoms with van der Waals surface area (Å²) in [5, 5.41) is 9.56. The molecule has 0 amide bonds. The van der Waals surface area contributed by atoms with Gasteiger partial charge in [-0.15, -0.1) is 0 Å². The van der Waals surface area contributed by atoms with Crippen LogP contribution in [0.25, 0.3) is 0 Å². The number of hydrogen-bond acceptors (Lipinski definition) is 2. The van der Waals surface area contributed by atoms with E-state index in [0.717, 1.165) is 44.7 Å². The van der Waals surface area contributed by atoms with Crippen LogP contribution < -0.4 is 0 Å². The predicted molar refractivity (Wildman–Crippen MR) is 79.3 cm³/mol. The zero-order chi connectivity index (χ0) is 14.5. The van der Waals surface area contributed by atoms with Gasteiger partial charge in [-0.1, -0.05) is 34.1 Å². The Morgan fingerprint density at radius 2 is 2.00 bits per heavy atom. The lowest BCUT2D eigenvalue weighted by Crippen LogP contribution is -2.51. The molecule has 3 nitrogen and oxygen atoms in total. The average Bonchev–Trinajstić information content (AvgIpc) is 2.44. The Balaban J connectivity index is 2.73. The number of carboxylic acids is 1. The van der Waals surface area contributed by atoms with Gasteiger partial charge in [0.05, 0.1) is 5.41 Å². The van der Waals surface area contributed by atoms with Gasteiger partial charge < -0.3 is 5.11 Å². The van der Waals surface area contributed by atoms with E-state index in [-0.39, 0.29) is 0 Å². The van der Waals surface area contributed by atoms with Crippen molar-refractivity contribution in [1.29, 1.82) is 0 Å². The van der Waals surface area contributed by atoms with E-state index < -0.39 is 11.4 Å². The van der Waals surface area contributed by atoms with Crippen LogP contribution in [0.1, 0.15) is 66.2 Å². The van der Waals surface area contributed by atoms with Gasteiger partial charge in [0.25, 0.3) is 0 Å². The van der Waals surface area contributed by atoms with Crippen LogP contribution in [0, 0.1) is 11.3 Å². The molecular formula is C16H31NO2. The maximum Gasteiger partial charge on any atom is 0.310 e. The molecule has 1 aliphatic rings. The molecular weight excluding hydrogens is 238 g/mol. The van der Waals surface area contributed by atoms with E-state index in [2.05, 4.69) is 25.7 Å². The number of nitrogens with zero attached hydrogens (tertiary/aromatic N) is 1. The maximum absolute atomic E-state index is 11.6. The highest BCUT2D eigenvalue weighted by atomic mass is 16.4. The summed E-state index contributed by atoms with van der Waals surface area (Å²) in [6, 6.07) is 0.556. The third kappa shape index (κ3) is 3.95. The first-order valence-corrected chi connectivity index (χ1v) is 7.96. The fourth-order valence-corrected chi connectivity index (χ4v) is 3.30. The molecule has 0 aliphatic carbocycles. The van der Waals surface area contributed by atoms with Crippen LogP contribution in [0.4, 0.5) is 0 Å². The van der Waals surface area contributed by atoms with Gasteiger partial charge in [0.1, 0.15) is 0 Å². The molecule has 112 valence electrons. The molecule has 1 fully saturated rings. The van der Waals surface area contributed by atoms with Crippen LogP contribution in [0.15, 0.2) is 0 Å². The van der Waals surface area contributed by atoms with Gasteiger partial charge in [-0.25, -0.2) is 0 Å². The highest BCUT2D eigenvalue weighted by molar-refractivity contribution is 5.75. The standard InChI is InChI=1S/C16H31NO2/c1-5-13(4)11-14(6-2)17-10-8-9-16(7-3,12-17)15(18)19/h13-14H,5-12H2,1-4H3,(H,18,19). The predicted octanol–water partition coefficient (Wildman–Crippen LogP) is 3.78. The first-order chi connectivity index (χ1) is 8.99. The molecule has 0 radical (unpaired) electrons. The Bertz CT molecular complexity index is 292. The number of hydrogen-bond donors (Lipinski definition) is 1. The largest absolute Gasteiger partial charge is 0.481 e. The second-order valence-corrected chi connectivity index (χ2v) is 6.32. The van der Waals surface area contributed by atoms with E-state index in [1.165, 1.54) is 12.8 Å². The summed E-state index contributed by atoms with van der Waals surface area (Å²) in [7, 11) is 0. The Morgan fingerprint density at radius 3 is 2.47 bits per heavy atom. The van der Waals surface area contributed by atoms with Crippen molar-refractivity contribution in [1.82, 2.24) is 4.90 Å². The first-order valence-electron chi connectivity index (χ1n) is 7.96. The molecule has 3 unspecified atom stereocenters. The molecule has 0 bridgehead atoms. The van der Waals surface area contributed by atoms with Crippen LogP contribution in [-0.4, -0.2) is 35.1 Å². The molecule has 1 aliphatic heterocycles. The van der Waals surface area contributed by atoms with E-state index in [9.17, 15) is 9.90 Å². The second kappa shape index (κ2) is 7.28. The van der Waals surface area contributed by atoms with E-state index >= 15 is 0 Å². The van der Waals surface area contributed by atoms with Crippen LogP contribution in [0.5, 0.6) is 0 Å². The lowest BCUT2D eigenvalue weighted by Gasteiger charge is -2.43. The fraction of sp³-hybridized carbons (Fsp3) is 0.938. The number of piperidine rings is 1. The molecule has 0 aromatic heterocycles. The normalized spacial score (nSPS) is 28.0. The molecule has 0 spiro atoms. The quantitative estimate of drug-likeness (QED) is 0.764. The fourth-order valence-electron chi connectivity index (χ4n) is 3.30. The maximum atomic E-state index is 11.6. The molecule has 1 heterocycles. The summed E-state index contributed by atoms with van der Waals surface area (Å²) in [5.74, 6) is 0.130. The van der Waals surface area contributed by atoms with E-state index in [4.69, 9.17) is 0 Å². The molecule has 3 atom stereocenters. The zero-order valence-corrected chi connectivity index (χ0v) is 13.1. The van der Waals surface area contributed by atoms with Crippen molar-refractivity contribution >= 4 is 5.97 Å². The van der Waals surface area contributed by atoms with E-state index in [1.54, 1.807) is 0 Å². The van der Waals surface area contributed by atoms with Gasteiger partial charge in [0.15, 0.2) is 0 Å². The van der Waals surface area contributed by atoms with Crippen LogP contribution in [0.2, 0.25) is 0 Å². The van der Waals surface area contributed by atoms with Crippen molar-refractivity contribution in [2.75, 3.05) is 13.1 Å². The lowest BCUT2D eigenvalue weighted by molar-refractivity contribution is -0.153. The van der Waals surface area contributed by atoms with Gasteiger partial charge in [-0.05, 0) is 44.6 Å². The Labute approximate surface area is 118 Å². The van der Waals surface area contributed by atoms with E-state index in [1.807, 2.05) is 6.92 Å². The summed E-state index contributed by atoms with van der Waals surface area (Å²) in [6.07, 6.45) is 6.16. The summed E-state index contributed by atoms with van der Waals surface area (Å²) in [5.41, 5.74) is -0.499. The molecule has 1 rings (SSSR count). The molecule has 3 heteroatoms. The third-order valence-electron chi connectivity index (χ3n) is 5.10. The summed E-state index contributed by atoms with van der Waals surface area (Å²) in [4.78, 5) is 14.1. The van der Waals surface area contributed by atoms with Gasteiger partial charge >= 0.3 is 5.97 Å². The highest BCUT2D eigenvalue weighted by Crippen LogP contribution is 2.35. The minimum atomic E-state index is -0.599. The van der Waals surface area contributed by atoms with Crippen LogP contribution in [0.3, 0.4) is 0 Å². The van der Waals surface area contributed by atoms with Crippen molar-refractivity contribution < 1.29 is 9.90 Å². The number of aliphatic carboxylic acids is 1. The van der Waals surface area contributed by atoms with Gasteiger partial charge in [0, 0.05) is 12.6 Å². The molecule has 0 aromatic rings. The highest BCUT2D eigenvalue weighted by Gasteiger charge is 2.42.